The van der Waals surface area contributed by atoms with E-state index in [-0.39, 0.29) is 24.8 Å². The van der Waals surface area contributed by atoms with Crippen molar-refractivity contribution < 1.29 is 18.0 Å². The highest BCUT2D eigenvalue weighted by molar-refractivity contribution is 7.92. The Kier molecular flexibility index (Phi) is 7.33. The van der Waals surface area contributed by atoms with Gasteiger partial charge in [-0.3, -0.25) is 13.9 Å². The Morgan fingerprint density at radius 1 is 1.03 bits per heavy atom. The molecule has 3 rings (SSSR count). The van der Waals surface area contributed by atoms with Crippen LogP contribution in [0.2, 0.25) is 0 Å². The second-order valence-electron chi connectivity index (χ2n) is 7.87. The van der Waals surface area contributed by atoms with Crippen LogP contribution in [-0.4, -0.2) is 51.0 Å². The topological polar surface area (TPSA) is 86.8 Å². The molecule has 2 aromatic carbocycles. The second kappa shape index (κ2) is 9.96. The van der Waals surface area contributed by atoms with Crippen LogP contribution in [0.3, 0.4) is 0 Å². The molecule has 1 saturated heterocycles. The molecule has 1 aliphatic rings. The third kappa shape index (κ3) is 6.07. The summed E-state index contributed by atoms with van der Waals surface area (Å²) in [5.74, 6) is -0.324. The Hall–Kier alpha value is -2.87. The largest absolute Gasteiger partial charge is 0.339 e. The first-order valence-electron chi connectivity index (χ1n) is 10.5. The molecule has 1 heterocycles. The lowest BCUT2D eigenvalue weighted by molar-refractivity contribution is -0.116. The van der Waals surface area contributed by atoms with Gasteiger partial charge in [0, 0.05) is 26.1 Å². The smallest absolute Gasteiger partial charge is 0.255 e. The number of amides is 2. The fourth-order valence-corrected chi connectivity index (χ4v) is 4.63. The van der Waals surface area contributed by atoms with E-state index in [9.17, 15) is 18.0 Å². The number of nitrogens with one attached hydrogen (secondary N) is 1. The van der Waals surface area contributed by atoms with Gasteiger partial charge in [-0.15, -0.1) is 0 Å². The van der Waals surface area contributed by atoms with Crippen molar-refractivity contribution in [2.24, 2.45) is 0 Å². The average Bonchev–Trinajstić information content (AvgIpc) is 3.26. The van der Waals surface area contributed by atoms with E-state index in [1.807, 2.05) is 19.1 Å². The standard InChI is InChI=1S/C23H29N3O4S/c1-18-11-13-19(14-12-18)26(31(2,29)30)17-7-10-22(27)24-21-9-4-3-8-20(21)23(28)25-15-5-6-16-25/h3-4,8-9,11-14H,5-7,10,15-17H2,1-2H3,(H,24,27). The van der Waals surface area contributed by atoms with Crippen molar-refractivity contribution >= 4 is 33.2 Å². The van der Waals surface area contributed by atoms with Crippen molar-refractivity contribution in [3.8, 4) is 0 Å². The number of aryl methyl sites for hydroxylation is 1. The molecule has 0 aliphatic carbocycles. The van der Waals surface area contributed by atoms with Crippen molar-refractivity contribution in [1.82, 2.24) is 4.90 Å². The molecule has 0 spiro atoms. The van der Waals surface area contributed by atoms with Gasteiger partial charge in [-0.05, 0) is 50.5 Å². The van der Waals surface area contributed by atoms with Gasteiger partial charge in [-0.2, -0.15) is 0 Å². The fraction of sp³-hybridized carbons (Fsp3) is 0.391. The van der Waals surface area contributed by atoms with E-state index in [0.29, 0.717) is 23.4 Å². The van der Waals surface area contributed by atoms with Gasteiger partial charge in [0.2, 0.25) is 15.9 Å². The van der Waals surface area contributed by atoms with Crippen LogP contribution >= 0.6 is 0 Å². The first-order valence-corrected chi connectivity index (χ1v) is 12.3. The van der Waals surface area contributed by atoms with Crippen molar-refractivity contribution in [3.05, 3.63) is 59.7 Å². The fourth-order valence-electron chi connectivity index (χ4n) is 3.66. The molecule has 8 heteroatoms. The summed E-state index contributed by atoms with van der Waals surface area (Å²) >= 11 is 0. The van der Waals surface area contributed by atoms with Gasteiger partial charge in [-0.25, -0.2) is 8.42 Å². The maximum atomic E-state index is 12.7. The van der Waals surface area contributed by atoms with E-state index in [0.717, 1.165) is 37.8 Å². The molecular weight excluding hydrogens is 414 g/mol. The molecule has 0 bridgehead atoms. The van der Waals surface area contributed by atoms with E-state index in [4.69, 9.17) is 0 Å². The van der Waals surface area contributed by atoms with E-state index in [2.05, 4.69) is 5.32 Å². The molecule has 1 aliphatic heterocycles. The lowest BCUT2D eigenvalue weighted by Crippen LogP contribution is -2.31. The Morgan fingerprint density at radius 3 is 2.32 bits per heavy atom. The lowest BCUT2D eigenvalue weighted by atomic mass is 10.1. The average molecular weight is 444 g/mol. The van der Waals surface area contributed by atoms with E-state index in [1.54, 1.807) is 41.3 Å². The van der Waals surface area contributed by atoms with Crippen LogP contribution < -0.4 is 9.62 Å². The lowest BCUT2D eigenvalue weighted by Gasteiger charge is -2.22. The monoisotopic (exact) mass is 443 g/mol. The van der Waals surface area contributed by atoms with Crippen molar-refractivity contribution in [3.63, 3.8) is 0 Å². The van der Waals surface area contributed by atoms with Gasteiger partial charge in [0.15, 0.2) is 0 Å². The molecule has 0 unspecified atom stereocenters. The molecule has 166 valence electrons. The van der Waals surface area contributed by atoms with Crippen LogP contribution in [0.5, 0.6) is 0 Å². The molecular formula is C23H29N3O4S. The number of sulfonamides is 1. The Balaban J connectivity index is 1.61. The van der Waals surface area contributed by atoms with Crippen molar-refractivity contribution in [1.29, 1.82) is 0 Å². The Bertz CT molecular complexity index is 1030. The zero-order chi connectivity index (χ0) is 22.4. The zero-order valence-corrected chi connectivity index (χ0v) is 18.8. The molecule has 0 atom stereocenters. The van der Waals surface area contributed by atoms with Crippen LogP contribution in [0.4, 0.5) is 11.4 Å². The first-order chi connectivity index (χ1) is 14.8. The van der Waals surface area contributed by atoms with E-state index in [1.165, 1.54) is 4.31 Å². The molecule has 2 aromatic rings. The van der Waals surface area contributed by atoms with Crippen LogP contribution in [-0.2, 0) is 14.8 Å². The molecule has 1 fully saturated rings. The zero-order valence-electron chi connectivity index (χ0n) is 18.0. The number of rotatable bonds is 8. The second-order valence-corrected chi connectivity index (χ2v) is 9.77. The molecule has 1 N–H and O–H groups in total. The number of hydrogen-bond donors (Lipinski definition) is 1. The van der Waals surface area contributed by atoms with E-state index < -0.39 is 10.0 Å². The minimum absolute atomic E-state index is 0.0731. The van der Waals surface area contributed by atoms with Gasteiger partial charge in [0.1, 0.15) is 0 Å². The normalized spacial score (nSPS) is 13.8. The number of nitrogens with zero attached hydrogens (tertiary/aromatic N) is 2. The first kappa shape index (κ1) is 22.8. The number of carbonyl (C=O) groups is 2. The highest BCUT2D eigenvalue weighted by Gasteiger charge is 2.22. The van der Waals surface area contributed by atoms with Crippen LogP contribution in [0.15, 0.2) is 48.5 Å². The third-order valence-electron chi connectivity index (χ3n) is 5.31. The van der Waals surface area contributed by atoms with Gasteiger partial charge >= 0.3 is 0 Å². The number of carbonyl (C=O) groups excluding carboxylic acids is 2. The third-order valence-corrected chi connectivity index (χ3v) is 6.51. The number of benzene rings is 2. The summed E-state index contributed by atoms with van der Waals surface area (Å²) < 4.78 is 25.7. The highest BCUT2D eigenvalue weighted by atomic mass is 32.2. The van der Waals surface area contributed by atoms with Crippen LogP contribution in [0.25, 0.3) is 0 Å². The van der Waals surface area contributed by atoms with Crippen LogP contribution in [0.1, 0.15) is 41.6 Å². The Morgan fingerprint density at radius 2 is 1.68 bits per heavy atom. The van der Waals surface area contributed by atoms with Crippen molar-refractivity contribution in [2.75, 3.05) is 35.5 Å². The maximum Gasteiger partial charge on any atom is 0.255 e. The minimum Gasteiger partial charge on any atom is -0.339 e. The van der Waals surface area contributed by atoms with Gasteiger partial charge in [0.05, 0.1) is 23.2 Å². The summed E-state index contributed by atoms with van der Waals surface area (Å²) in [5, 5.41) is 2.82. The highest BCUT2D eigenvalue weighted by Crippen LogP contribution is 2.21. The SMILES string of the molecule is Cc1ccc(N(CCCC(=O)Nc2ccccc2C(=O)N2CCCC2)S(C)(=O)=O)cc1. The molecule has 2 amide bonds. The predicted molar refractivity (Wildman–Crippen MR) is 123 cm³/mol. The molecule has 0 saturated carbocycles. The number of hydrogen-bond acceptors (Lipinski definition) is 4. The van der Waals surface area contributed by atoms with E-state index >= 15 is 0 Å². The molecule has 7 nitrogen and oxygen atoms in total. The summed E-state index contributed by atoms with van der Waals surface area (Å²) in [6, 6.07) is 14.2. The summed E-state index contributed by atoms with van der Waals surface area (Å²) in [5.41, 5.74) is 2.59. The van der Waals surface area contributed by atoms with Gasteiger partial charge in [0.25, 0.3) is 5.91 Å². The molecule has 0 radical (unpaired) electrons. The predicted octanol–water partition coefficient (Wildman–Crippen LogP) is 3.42. The summed E-state index contributed by atoms with van der Waals surface area (Å²) in [7, 11) is -3.46. The van der Waals surface area contributed by atoms with Gasteiger partial charge in [-0.1, -0.05) is 29.8 Å². The van der Waals surface area contributed by atoms with Gasteiger partial charge < -0.3 is 10.2 Å². The summed E-state index contributed by atoms with van der Waals surface area (Å²) in [6.45, 7) is 3.61. The number of likely N-dealkylation sites (tertiary alicyclic amines) is 1. The summed E-state index contributed by atoms with van der Waals surface area (Å²) in [4.78, 5) is 27.1. The van der Waals surface area contributed by atoms with Crippen LogP contribution in [0, 0.1) is 6.92 Å². The minimum atomic E-state index is -3.46. The number of anilines is 2. The molecule has 0 aromatic heterocycles. The number of para-hydroxylation sites is 1. The Labute approximate surface area is 184 Å². The molecule has 31 heavy (non-hydrogen) atoms. The van der Waals surface area contributed by atoms with Crippen molar-refractivity contribution in [2.45, 2.75) is 32.6 Å². The maximum absolute atomic E-state index is 12.7. The quantitative estimate of drug-likeness (QED) is 0.677. The summed E-state index contributed by atoms with van der Waals surface area (Å²) in [6.07, 6.45) is 3.66.